The van der Waals surface area contributed by atoms with E-state index in [9.17, 15) is 17.6 Å². The molecule has 3 rings (SSSR count). The van der Waals surface area contributed by atoms with E-state index in [0.29, 0.717) is 0 Å². The van der Waals surface area contributed by atoms with Crippen LogP contribution >= 0.6 is 0 Å². The lowest BCUT2D eigenvalue weighted by Crippen LogP contribution is -2.25. The molecule has 0 atom stereocenters. The first kappa shape index (κ1) is 25.6. The Balaban J connectivity index is 1.67. The SMILES string of the molecule is CCCCCCCCc1ccc(OC(F)(F)c2c(F)ccc(Oc3ccc(C)cc3)c2F)cc1. The maximum Gasteiger partial charge on any atom is 0.432 e. The highest BCUT2D eigenvalue weighted by Crippen LogP contribution is 2.39. The molecule has 182 valence electrons. The van der Waals surface area contributed by atoms with Gasteiger partial charge in [-0.3, -0.25) is 0 Å². The molecule has 0 unspecified atom stereocenters. The number of ether oxygens (including phenoxy) is 2. The summed E-state index contributed by atoms with van der Waals surface area (Å²) < 4.78 is 68.9. The number of aryl methyl sites for hydroxylation is 2. The van der Waals surface area contributed by atoms with Gasteiger partial charge in [0.05, 0.1) is 0 Å². The number of hydrogen-bond acceptors (Lipinski definition) is 2. The van der Waals surface area contributed by atoms with Crippen molar-refractivity contribution in [2.24, 2.45) is 0 Å². The highest BCUT2D eigenvalue weighted by Gasteiger charge is 2.42. The number of hydrogen-bond donors (Lipinski definition) is 0. The fraction of sp³-hybridized carbons (Fsp3) is 0.357. The zero-order valence-corrected chi connectivity index (χ0v) is 19.6. The lowest BCUT2D eigenvalue weighted by molar-refractivity contribution is -0.189. The second-order valence-electron chi connectivity index (χ2n) is 8.43. The fourth-order valence-corrected chi connectivity index (χ4v) is 3.64. The molecule has 34 heavy (non-hydrogen) atoms. The average Bonchev–Trinajstić information content (AvgIpc) is 2.80. The Bertz CT molecular complexity index is 1050. The van der Waals surface area contributed by atoms with Crippen LogP contribution in [0, 0.1) is 18.6 Å². The Morgan fingerprint density at radius 3 is 2.03 bits per heavy atom. The second kappa shape index (κ2) is 11.9. The highest BCUT2D eigenvalue weighted by molar-refractivity contribution is 5.39. The normalized spacial score (nSPS) is 11.5. The molecular formula is C28H30F4O2. The first-order valence-electron chi connectivity index (χ1n) is 11.7. The Morgan fingerprint density at radius 2 is 1.35 bits per heavy atom. The molecule has 3 aromatic carbocycles. The second-order valence-corrected chi connectivity index (χ2v) is 8.43. The fourth-order valence-electron chi connectivity index (χ4n) is 3.64. The van der Waals surface area contributed by atoms with Gasteiger partial charge in [0, 0.05) is 0 Å². The maximum atomic E-state index is 14.9. The van der Waals surface area contributed by atoms with Crippen molar-refractivity contribution in [1.29, 1.82) is 0 Å². The van der Waals surface area contributed by atoms with Crippen molar-refractivity contribution in [2.75, 3.05) is 0 Å². The van der Waals surface area contributed by atoms with E-state index in [1.807, 2.05) is 6.92 Å². The van der Waals surface area contributed by atoms with Crippen LogP contribution in [0.4, 0.5) is 17.6 Å². The summed E-state index contributed by atoms with van der Waals surface area (Å²) >= 11 is 0. The molecule has 0 spiro atoms. The summed E-state index contributed by atoms with van der Waals surface area (Å²) in [6.45, 7) is 4.03. The summed E-state index contributed by atoms with van der Waals surface area (Å²) in [6, 6.07) is 14.5. The molecule has 0 fully saturated rings. The van der Waals surface area contributed by atoms with E-state index in [0.717, 1.165) is 42.5 Å². The van der Waals surface area contributed by atoms with Crippen LogP contribution in [0.2, 0.25) is 0 Å². The van der Waals surface area contributed by atoms with Gasteiger partial charge in [0.1, 0.15) is 22.9 Å². The average molecular weight is 475 g/mol. The summed E-state index contributed by atoms with van der Waals surface area (Å²) in [5.41, 5.74) is 0.454. The van der Waals surface area contributed by atoms with E-state index in [-0.39, 0.29) is 11.5 Å². The lowest BCUT2D eigenvalue weighted by atomic mass is 10.0. The molecule has 0 amide bonds. The molecule has 0 heterocycles. The Hall–Kier alpha value is -3.02. The number of alkyl halides is 2. The Labute approximate surface area is 198 Å². The molecule has 6 heteroatoms. The summed E-state index contributed by atoms with van der Waals surface area (Å²) in [5, 5.41) is 0. The van der Waals surface area contributed by atoms with Crippen LogP contribution in [0.5, 0.6) is 17.2 Å². The van der Waals surface area contributed by atoms with Crippen LogP contribution in [0.15, 0.2) is 60.7 Å². The van der Waals surface area contributed by atoms with Gasteiger partial charge in [-0.2, -0.15) is 8.78 Å². The minimum Gasteiger partial charge on any atom is -0.454 e. The first-order valence-corrected chi connectivity index (χ1v) is 11.7. The molecular weight excluding hydrogens is 444 g/mol. The van der Waals surface area contributed by atoms with Gasteiger partial charge in [-0.25, -0.2) is 8.78 Å². The number of halogens is 4. The van der Waals surface area contributed by atoms with E-state index in [1.54, 1.807) is 36.4 Å². The minimum atomic E-state index is -4.23. The van der Waals surface area contributed by atoms with Gasteiger partial charge < -0.3 is 9.47 Å². The van der Waals surface area contributed by atoms with Gasteiger partial charge in [-0.1, -0.05) is 68.9 Å². The molecule has 2 nitrogen and oxygen atoms in total. The van der Waals surface area contributed by atoms with E-state index in [2.05, 4.69) is 6.92 Å². The Kier molecular flexibility index (Phi) is 8.97. The molecule has 0 N–H and O–H groups in total. The number of unbranched alkanes of at least 4 members (excludes halogenated alkanes) is 5. The van der Waals surface area contributed by atoms with Gasteiger partial charge in [0.15, 0.2) is 11.6 Å². The van der Waals surface area contributed by atoms with E-state index in [4.69, 9.17) is 9.47 Å². The van der Waals surface area contributed by atoms with Crippen molar-refractivity contribution in [1.82, 2.24) is 0 Å². The van der Waals surface area contributed by atoms with Crippen molar-refractivity contribution < 1.29 is 27.0 Å². The predicted molar refractivity (Wildman–Crippen MR) is 126 cm³/mol. The van der Waals surface area contributed by atoms with Gasteiger partial charge in [-0.15, -0.1) is 0 Å². The van der Waals surface area contributed by atoms with Crippen LogP contribution in [0.1, 0.15) is 62.1 Å². The van der Waals surface area contributed by atoms with Gasteiger partial charge >= 0.3 is 6.11 Å². The van der Waals surface area contributed by atoms with Crippen LogP contribution in [0.25, 0.3) is 0 Å². The van der Waals surface area contributed by atoms with Gasteiger partial charge in [0.2, 0.25) is 0 Å². The van der Waals surface area contributed by atoms with Crippen LogP contribution in [0.3, 0.4) is 0 Å². The summed E-state index contributed by atoms with van der Waals surface area (Å²) in [5.74, 6) is -3.38. The standard InChI is InChI=1S/C28H30F4O2/c1-3-4-5-6-7-8-9-21-12-16-23(17-13-21)34-28(31,32)26-24(29)18-19-25(27(26)30)33-22-14-10-20(2)11-15-22/h10-19H,3-9H2,1-2H3. The molecule has 0 aromatic heterocycles. The molecule has 0 aliphatic heterocycles. The minimum absolute atomic E-state index is 0.180. The zero-order chi connectivity index (χ0) is 24.6. The Morgan fingerprint density at radius 1 is 0.735 bits per heavy atom. The van der Waals surface area contributed by atoms with E-state index in [1.165, 1.54) is 37.8 Å². The molecule has 0 saturated carbocycles. The molecule has 0 aliphatic rings. The quantitative estimate of drug-likeness (QED) is 0.192. The summed E-state index contributed by atoms with van der Waals surface area (Å²) in [6.07, 6.45) is 3.59. The third-order valence-electron chi connectivity index (χ3n) is 5.58. The molecule has 3 aromatic rings. The molecule has 0 aliphatic carbocycles. The third kappa shape index (κ3) is 6.99. The van der Waals surface area contributed by atoms with Gasteiger partial charge in [0.25, 0.3) is 0 Å². The third-order valence-corrected chi connectivity index (χ3v) is 5.58. The topological polar surface area (TPSA) is 18.5 Å². The van der Waals surface area contributed by atoms with Crippen molar-refractivity contribution in [3.05, 3.63) is 89.0 Å². The van der Waals surface area contributed by atoms with E-state index >= 15 is 0 Å². The maximum absolute atomic E-state index is 14.9. The first-order chi connectivity index (χ1) is 16.3. The van der Waals surface area contributed by atoms with Crippen LogP contribution in [-0.4, -0.2) is 0 Å². The van der Waals surface area contributed by atoms with Crippen LogP contribution < -0.4 is 9.47 Å². The molecule has 0 bridgehead atoms. The van der Waals surface area contributed by atoms with Crippen molar-refractivity contribution >= 4 is 0 Å². The van der Waals surface area contributed by atoms with Crippen molar-refractivity contribution in [2.45, 2.75) is 64.9 Å². The highest BCUT2D eigenvalue weighted by atomic mass is 19.3. The zero-order valence-electron chi connectivity index (χ0n) is 19.6. The van der Waals surface area contributed by atoms with Crippen LogP contribution in [-0.2, 0) is 12.5 Å². The summed E-state index contributed by atoms with van der Waals surface area (Å²) in [4.78, 5) is 0. The smallest absolute Gasteiger partial charge is 0.432 e. The van der Waals surface area contributed by atoms with E-state index < -0.39 is 29.1 Å². The predicted octanol–water partition coefficient (Wildman–Crippen LogP) is 9.10. The number of rotatable bonds is 12. The monoisotopic (exact) mass is 474 g/mol. The lowest BCUT2D eigenvalue weighted by Gasteiger charge is -2.20. The van der Waals surface area contributed by atoms with Gasteiger partial charge in [-0.05, 0) is 61.7 Å². The molecule has 0 radical (unpaired) electrons. The van der Waals surface area contributed by atoms with Crippen molar-refractivity contribution in [3.63, 3.8) is 0 Å². The summed E-state index contributed by atoms with van der Waals surface area (Å²) in [7, 11) is 0. The number of benzene rings is 3. The van der Waals surface area contributed by atoms with Crippen molar-refractivity contribution in [3.8, 4) is 17.2 Å². The largest absolute Gasteiger partial charge is 0.454 e. The molecule has 0 saturated heterocycles.